The van der Waals surface area contributed by atoms with E-state index in [4.69, 9.17) is 4.74 Å². The normalized spacial score (nSPS) is 23.0. The highest BCUT2D eigenvalue weighted by atomic mass is 16.5. The standard InChI is InChI=1S/C22H31NO2/c1-3-5-6-7-18-8-10-20(11-9-18)25-21(24)19-12-15-22(17-23,14-4-2)16-13-19/h8-11,19H,3-7,12-16H2,1-2H3/t19-,22-. The third kappa shape index (κ3) is 5.59. The van der Waals surface area contributed by atoms with Gasteiger partial charge in [0.15, 0.2) is 0 Å². The quantitative estimate of drug-likeness (QED) is 0.340. The number of aryl methyl sites for hydroxylation is 1. The smallest absolute Gasteiger partial charge is 0.314 e. The van der Waals surface area contributed by atoms with E-state index >= 15 is 0 Å². The van der Waals surface area contributed by atoms with E-state index in [0.717, 1.165) is 44.9 Å². The van der Waals surface area contributed by atoms with Crippen LogP contribution in [0, 0.1) is 22.7 Å². The Bertz CT molecular complexity index is 577. The summed E-state index contributed by atoms with van der Waals surface area (Å²) in [6.07, 6.45) is 9.87. The summed E-state index contributed by atoms with van der Waals surface area (Å²) in [4.78, 5) is 12.4. The monoisotopic (exact) mass is 341 g/mol. The molecule has 0 heterocycles. The maximum Gasteiger partial charge on any atom is 0.314 e. The van der Waals surface area contributed by atoms with Gasteiger partial charge in [-0.15, -0.1) is 0 Å². The first-order valence-electron chi connectivity index (χ1n) is 9.84. The molecule has 0 saturated heterocycles. The van der Waals surface area contributed by atoms with Crippen LogP contribution >= 0.6 is 0 Å². The van der Waals surface area contributed by atoms with E-state index in [1.165, 1.54) is 24.8 Å². The predicted molar refractivity (Wildman–Crippen MR) is 100 cm³/mol. The summed E-state index contributed by atoms with van der Waals surface area (Å²) in [5, 5.41) is 9.47. The molecule has 0 N–H and O–H groups in total. The first-order chi connectivity index (χ1) is 12.1. The van der Waals surface area contributed by atoms with Crippen LogP contribution in [0.3, 0.4) is 0 Å². The van der Waals surface area contributed by atoms with Crippen LogP contribution in [0.25, 0.3) is 0 Å². The Balaban J connectivity index is 1.83. The number of ether oxygens (including phenoxy) is 1. The Morgan fingerprint density at radius 1 is 1.16 bits per heavy atom. The van der Waals surface area contributed by atoms with Crippen LogP contribution in [0.4, 0.5) is 0 Å². The van der Waals surface area contributed by atoms with Crippen LogP contribution in [-0.4, -0.2) is 5.97 Å². The molecule has 0 aliphatic heterocycles. The SMILES string of the molecule is CCCCCc1ccc(OC(=O)[C@H]2CC[C@@](C#N)(CCC)CC2)cc1. The summed E-state index contributed by atoms with van der Waals surface area (Å²) in [6, 6.07) is 10.4. The fourth-order valence-electron chi connectivity index (χ4n) is 3.81. The minimum Gasteiger partial charge on any atom is -0.426 e. The van der Waals surface area contributed by atoms with Gasteiger partial charge in [0.25, 0.3) is 0 Å². The number of unbranched alkanes of at least 4 members (excludes halogenated alkanes) is 2. The molecule has 1 aliphatic rings. The van der Waals surface area contributed by atoms with Gasteiger partial charge in [-0.3, -0.25) is 4.79 Å². The molecule has 1 saturated carbocycles. The Labute approximate surface area is 152 Å². The highest BCUT2D eigenvalue weighted by Gasteiger charge is 2.37. The predicted octanol–water partition coefficient (Wildman–Crippen LogP) is 5.82. The zero-order valence-corrected chi connectivity index (χ0v) is 15.7. The number of benzene rings is 1. The average molecular weight is 341 g/mol. The molecule has 3 heteroatoms. The minimum atomic E-state index is -0.217. The van der Waals surface area contributed by atoms with Gasteiger partial charge in [-0.1, -0.05) is 45.2 Å². The van der Waals surface area contributed by atoms with Gasteiger partial charge in [-0.05, 0) is 62.6 Å². The fraction of sp³-hybridized carbons (Fsp3) is 0.636. The number of rotatable bonds is 8. The Kier molecular flexibility index (Phi) is 7.50. The Hall–Kier alpha value is -1.82. The Morgan fingerprint density at radius 3 is 2.40 bits per heavy atom. The van der Waals surface area contributed by atoms with Crippen molar-refractivity contribution in [3.05, 3.63) is 29.8 Å². The maximum atomic E-state index is 12.4. The lowest BCUT2D eigenvalue weighted by Gasteiger charge is -2.33. The van der Waals surface area contributed by atoms with E-state index in [2.05, 4.69) is 32.0 Å². The molecular weight excluding hydrogens is 310 g/mol. The lowest BCUT2D eigenvalue weighted by atomic mass is 9.69. The molecule has 25 heavy (non-hydrogen) atoms. The van der Waals surface area contributed by atoms with Gasteiger partial charge in [0.2, 0.25) is 0 Å². The lowest BCUT2D eigenvalue weighted by Crippen LogP contribution is -2.31. The van der Waals surface area contributed by atoms with Crippen molar-refractivity contribution < 1.29 is 9.53 Å². The molecule has 3 nitrogen and oxygen atoms in total. The number of hydrogen-bond acceptors (Lipinski definition) is 3. The number of hydrogen-bond donors (Lipinski definition) is 0. The van der Waals surface area contributed by atoms with E-state index in [1.807, 2.05) is 12.1 Å². The number of carbonyl (C=O) groups excluding carboxylic acids is 1. The zero-order chi connectivity index (χ0) is 18.1. The molecule has 1 aromatic carbocycles. The molecule has 2 rings (SSSR count). The third-order valence-electron chi connectivity index (χ3n) is 5.45. The highest BCUT2D eigenvalue weighted by molar-refractivity contribution is 5.75. The first-order valence-corrected chi connectivity index (χ1v) is 9.84. The second-order valence-corrected chi connectivity index (χ2v) is 7.44. The molecule has 136 valence electrons. The van der Waals surface area contributed by atoms with Crippen molar-refractivity contribution >= 4 is 5.97 Å². The summed E-state index contributed by atoms with van der Waals surface area (Å²) >= 11 is 0. The summed E-state index contributed by atoms with van der Waals surface area (Å²) in [6.45, 7) is 4.32. The number of carbonyl (C=O) groups is 1. The van der Waals surface area contributed by atoms with E-state index in [9.17, 15) is 10.1 Å². The van der Waals surface area contributed by atoms with Gasteiger partial charge in [0.05, 0.1) is 17.4 Å². The van der Waals surface area contributed by atoms with Crippen LogP contribution in [0.2, 0.25) is 0 Å². The second-order valence-electron chi connectivity index (χ2n) is 7.44. The van der Waals surface area contributed by atoms with Crippen LogP contribution in [-0.2, 0) is 11.2 Å². The lowest BCUT2D eigenvalue weighted by molar-refractivity contribution is -0.140. The first kappa shape index (κ1) is 19.5. The van der Waals surface area contributed by atoms with Crippen LogP contribution in [0.1, 0.15) is 77.2 Å². The largest absolute Gasteiger partial charge is 0.426 e. The van der Waals surface area contributed by atoms with Crippen molar-refractivity contribution in [1.82, 2.24) is 0 Å². The second kappa shape index (κ2) is 9.61. The van der Waals surface area contributed by atoms with Crippen molar-refractivity contribution in [2.45, 2.75) is 78.1 Å². The van der Waals surface area contributed by atoms with Gasteiger partial charge in [-0.25, -0.2) is 0 Å². The third-order valence-corrected chi connectivity index (χ3v) is 5.45. The fourth-order valence-corrected chi connectivity index (χ4v) is 3.81. The molecule has 1 fully saturated rings. The van der Waals surface area contributed by atoms with E-state index in [1.54, 1.807) is 0 Å². The van der Waals surface area contributed by atoms with Crippen LogP contribution in [0.5, 0.6) is 5.75 Å². The molecular formula is C22H31NO2. The molecule has 1 aromatic rings. The van der Waals surface area contributed by atoms with E-state index in [0.29, 0.717) is 5.75 Å². The van der Waals surface area contributed by atoms with Crippen LogP contribution < -0.4 is 4.74 Å². The van der Waals surface area contributed by atoms with E-state index < -0.39 is 0 Å². The van der Waals surface area contributed by atoms with Crippen molar-refractivity contribution in [2.24, 2.45) is 11.3 Å². The Morgan fingerprint density at radius 2 is 1.84 bits per heavy atom. The summed E-state index contributed by atoms with van der Waals surface area (Å²) in [5.74, 6) is 0.430. The molecule has 0 radical (unpaired) electrons. The summed E-state index contributed by atoms with van der Waals surface area (Å²) in [5.41, 5.74) is 1.08. The van der Waals surface area contributed by atoms with Crippen molar-refractivity contribution in [3.63, 3.8) is 0 Å². The maximum absolute atomic E-state index is 12.4. The summed E-state index contributed by atoms with van der Waals surface area (Å²) in [7, 11) is 0. The molecule has 0 aromatic heterocycles. The molecule has 0 bridgehead atoms. The molecule has 0 amide bonds. The number of esters is 1. The van der Waals surface area contributed by atoms with Gasteiger partial charge < -0.3 is 4.74 Å². The zero-order valence-electron chi connectivity index (χ0n) is 15.7. The molecule has 0 unspecified atom stereocenters. The average Bonchev–Trinajstić information content (AvgIpc) is 2.64. The van der Waals surface area contributed by atoms with Gasteiger partial charge in [0, 0.05) is 0 Å². The van der Waals surface area contributed by atoms with Gasteiger partial charge in [0.1, 0.15) is 5.75 Å². The van der Waals surface area contributed by atoms with E-state index in [-0.39, 0.29) is 17.3 Å². The highest BCUT2D eigenvalue weighted by Crippen LogP contribution is 2.42. The summed E-state index contributed by atoms with van der Waals surface area (Å²) < 4.78 is 5.57. The number of nitrogens with zero attached hydrogens (tertiary/aromatic N) is 1. The van der Waals surface area contributed by atoms with Gasteiger partial charge in [-0.2, -0.15) is 5.26 Å². The minimum absolute atomic E-state index is 0.0671. The van der Waals surface area contributed by atoms with Crippen molar-refractivity contribution in [2.75, 3.05) is 0 Å². The number of nitriles is 1. The topological polar surface area (TPSA) is 50.1 Å². The van der Waals surface area contributed by atoms with Gasteiger partial charge >= 0.3 is 5.97 Å². The molecule has 0 spiro atoms. The van der Waals surface area contributed by atoms with Crippen LogP contribution in [0.15, 0.2) is 24.3 Å². The molecule has 0 atom stereocenters. The molecule has 1 aliphatic carbocycles. The van der Waals surface area contributed by atoms with Crippen molar-refractivity contribution in [3.8, 4) is 11.8 Å². The van der Waals surface area contributed by atoms with Crippen molar-refractivity contribution in [1.29, 1.82) is 5.26 Å².